The van der Waals surface area contributed by atoms with Crippen LogP contribution in [0.1, 0.15) is 190 Å². The molecule has 0 unspecified atom stereocenters. The fraction of sp³-hybridized carbons (Fsp3) is 0.561. The number of methoxy groups -OCH3 is 4. The van der Waals surface area contributed by atoms with Gasteiger partial charge in [-0.15, -0.1) is 0 Å². The number of esters is 1. The van der Waals surface area contributed by atoms with Crippen LogP contribution in [0, 0.1) is 29.1 Å². The van der Waals surface area contributed by atoms with Crippen molar-refractivity contribution in [2.24, 2.45) is 23.5 Å². The van der Waals surface area contributed by atoms with Crippen LogP contribution in [0.4, 0.5) is 0 Å². The number of nitrogens with zero attached hydrogens (tertiary/aromatic N) is 4. The van der Waals surface area contributed by atoms with Crippen molar-refractivity contribution >= 4 is 97.4 Å². The number of hydrogen-bond donors (Lipinski definition) is 7. The summed E-state index contributed by atoms with van der Waals surface area (Å²) in [7, 11) is 5.95. The number of primary amides is 1. The SMILES string of the molecule is COC(=O)[C@H](C[C@@H]1CCCC1=O)NC(=O)[C@@H]1C[C@@H](OC(C)(C)C)CN1C(=O)c1cc2c(OC)cccc2[nH]1.COc1cccc2[nH]c(C(=O)N3C[C@H](OC(C)(C)C)C[C@H]3C(=O)N[C@@H](C[C@@H]3CCCC3=O)C(N)=O)cc12.COc1cccc2[nH]c(C(=O)N3C[C@H](OC(C)(C)C)C[C@H]3C(=O)N[C@H](C#N)C[C@@H]3CCCC3=O)cc12. The summed E-state index contributed by atoms with van der Waals surface area (Å²) in [6.07, 6.45) is 6.40. The Kier molecular flexibility index (Phi) is 26.6. The van der Waals surface area contributed by atoms with Crippen molar-refractivity contribution in [3.8, 4) is 23.3 Å². The van der Waals surface area contributed by atoms with E-state index in [4.69, 9.17) is 38.9 Å². The number of nitrogens with two attached hydrogens (primary N) is 1. The highest BCUT2D eigenvalue weighted by molar-refractivity contribution is 6.05. The number of benzene rings is 3. The van der Waals surface area contributed by atoms with Gasteiger partial charge in [0, 0.05) is 109 Å². The molecule has 6 heterocycles. The fourth-order valence-corrected chi connectivity index (χ4v) is 16.1. The number of aromatic nitrogens is 3. The number of ether oxygens (including phenoxy) is 7. The molecule has 8 N–H and O–H groups in total. The van der Waals surface area contributed by atoms with Crippen LogP contribution in [-0.2, 0) is 57.3 Å². The van der Waals surface area contributed by atoms with Crippen molar-refractivity contribution in [2.45, 2.75) is 230 Å². The second-order valence-corrected chi connectivity index (χ2v) is 32.6. The molecule has 3 saturated heterocycles. The molecule has 6 aliphatic rings. The lowest BCUT2D eigenvalue weighted by molar-refractivity contribution is -0.146. The highest BCUT2D eigenvalue weighted by Gasteiger charge is 2.47. The lowest BCUT2D eigenvalue weighted by Crippen LogP contribution is -2.53. The Morgan fingerprint density at radius 1 is 0.486 bits per heavy atom. The Morgan fingerprint density at radius 2 is 0.802 bits per heavy atom. The third-order valence-corrected chi connectivity index (χ3v) is 21.1. The zero-order valence-corrected chi connectivity index (χ0v) is 65.8. The largest absolute Gasteiger partial charge is 0.496 e. The van der Waals surface area contributed by atoms with Gasteiger partial charge in [-0.1, -0.05) is 18.2 Å². The minimum Gasteiger partial charge on any atom is -0.496 e. The van der Waals surface area contributed by atoms with Crippen molar-refractivity contribution in [1.29, 1.82) is 5.26 Å². The third-order valence-electron chi connectivity index (χ3n) is 21.1. The number of H-pyrrole nitrogens is 3. The Labute approximate surface area is 646 Å². The van der Waals surface area contributed by atoms with Gasteiger partial charge >= 0.3 is 5.97 Å². The molecule has 0 bridgehead atoms. The molecule has 0 radical (unpaired) electrons. The number of Topliss-reactive ketones (excluding diaryl/α,β-unsaturated/α-hetero) is 3. The van der Waals surface area contributed by atoms with Crippen molar-refractivity contribution in [2.75, 3.05) is 48.1 Å². The molecule has 12 atom stereocenters. The third kappa shape index (κ3) is 20.7. The molecule has 0 spiro atoms. The van der Waals surface area contributed by atoms with E-state index in [1.165, 1.54) is 21.8 Å². The van der Waals surface area contributed by atoms with Gasteiger partial charge in [0.05, 0.1) is 69.6 Å². The molecule has 3 aromatic heterocycles. The van der Waals surface area contributed by atoms with E-state index in [-0.39, 0.29) is 116 Å². The molecular formula is C82H107N11O18. The summed E-state index contributed by atoms with van der Waals surface area (Å²) in [6.45, 7) is 18.0. The number of ketones is 3. The van der Waals surface area contributed by atoms with Gasteiger partial charge in [0.15, 0.2) is 0 Å². The molecule has 7 amide bonds. The summed E-state index contributed by atoms with van der Waals surface area (Å²) in [6, 6.07) is 18.5. The molecule has 6 fully saturated rings. The van der Waals surface area contributed by atoms with Crippen LogP contribution in [0.5, 0.6) is 17.2 Å². The van der Waals surface area contributed by atoms with Gasteiger partial charge in [0.25, 0.3) is 17.7 Å². The number of amides is 7. The van der Waals surface area contributed by atoms with Crippen molar-refractivity contribution < 1.29 is 85.9 Å². The van der Waals surface area contributed by atoms with E-state index >= 15 is 0 Å². The summed E-state index contributed by atoms with van der Waals surface area (Å²) in [5.41, 5.74) is 7.40. The molecule has 3 aromatic carbocycles. The Bertz CT molecular complexity index is 4490. The molecule has 111 heavy (non-hydrogen) atoms. The first-order valence-corrected chi connectivity index (χ1v) is 38.3. The average Bonchev–Trinajstić information content (AvgIpc) is 1.64. The summed E-state index contributed by atoms with van der Waals surface area (Å²) >= 11 is 0. The zero-order valence-electron chi connectivity index (χ0n) is 65.8. The van der Waals surface area contributed by atoms with Crippen LogP contribution >= 0.6 is 0 Å². The van der Waals surface area contributed by atoms with E-state index < -0.39 is 82.7 Å². The first kappa shape index (κ1) is 83.3. The summed E-state index contributed by atoms with van der Waals surface area (Å²) < 4.78 is 39.6. The number of hydrogen-bond acceptors (Lipinski definition) is 19. The number of carbonyl (C=O) groups excluding carboxylic acids is 11. The monoisotopic (exact) mass is 1530 g/mol. The summed E-state index contributed by atoms with van der Waals surface area (Å²) in [4.78, 5) is 156. The molecule has 3 saturated carbocycles. The molecule has 598 valence electrons. The van der Waals surface area contributed by atoms with Gasteiger partial charge in [-0.2, -0.15) is 5.26 Å². The minimum atomic E-state index is -0.989. The van der Waals surface area contributed by atoms with E-state index in [9.17, 15) is 58.0 Å². The van der Waals surface area contributed by atoms with Crippen LogP contribution in [-0.4, -0.2) is 214 Å². The van der Waals surface area contributed by atoms with Gasteiger partial charge in [0.1, 0.15) is 87.9 Å². The first-order valence-electron chi connectivity index (χ1n) is 38.3. The van der Waals surface area contributed by atoms with Crippen LogP contribution in [0.25, 0.3) is 32.7 Å². The quantitative estimate of drug-likeness (QED) is 0.0295. The standard InChI is InChI=1S/C28H37N3O7.C27H36N4O6.C27H34N4O5/c1-28(2,3)38-17-13-22(25(33)30-21(27(35)37-5)12-16-8-6-10-23(16)32)31(15-17)26(34)20-14-18-19(29-20)9-7-11-24(18)36-4;1-27(2,3)37-16-12-21(25(34)30-19(24(28)33)11-15-7-5-9-22(15)32)31(14-16)26(35)20-13-17-18(29-20)8-6-10-23(17)36-4;1-27(2,3)36-18-12-22(25(33)29-17(14-28)11-16-7-5-9-23(16)32)31(15-18)26(34)21-13-19-20(30-21)8-6-10-24(19)35-4/h7,9,11,14,16-17,21-22,29H,6,8,10,12-13,15H2,1-5H3,(H,30,33);6,8,10,13,15-16,19,21,29H,5,7,9,11-12,14H2,1-4H3,(H2,28,33)(H,30,34);6,8,10,13,16-18,22,30H,5,7,9,11-12,15H2,1-4H3,(H,29,33)/t16-,17+,21-,22-;15-,16+,19-,21-;16-,17-,18+,22-/m000/s1. The highest BCUT2D eigenvalue weighted by Crippen LogP contribution is 2.36. The smallest absolute Gasteiger partial charge is 0.328 e. The maximum atomic E-state index is 13.7. The molecule has 29 heteroatoms. The molecule has 29 nitrogen and oxygen atoms in total. The lowest BCUT2D eigenvalue weighted by Gasteiger charge is -2.26. The van der Waals surface area contributed by atoms with Gasteiger partial charge in [0.2, 0.25) is 23.6 Å². The van der Waals surface area contributed by atoms with Gasteiger partial charge in [-0.3, -0.25) is 47.9 Å². The zero-order chi connectivity index (χ0) is 80.6. The van der Waals surface area contributed by atoms with Crippen molar-refractivity contribution in [1.82, 2.24) is 45.6 Å². The fourth-order valence-electron chi connectivity index (χ4n) is 16.1. The Morgan fingerprint density at radius 3 is 1.09 bits per heavy atom. The van der Waals surface area contributed by atoms with Crippen LogP contribution in [0.2, 0.25) is 0 Å². The van der Waals surface area contributed by atoms with E-state index in [1.54, 1.807) is 39.5 Å². The van der Waals surface area contributed by atoms with Gasteiger partial charge < -0.3 is 84.5 Å². The number of rotatable bonds is 23. The molecule has 12 rings (SSSR count). The van der Waals surface area contributed by atoms with Crippen LogP contribution in [0.15, 0.2) is 72.8 Å². The Hall–Kier alpha value is -10.2. The van der Waals surface area contributed by atoms with Crippen LogP contribution in [0.3, 0.4) is 0 Å². The minimum absolute atomic E-state index is 0.0889. The normalized spacial score (nSPS) is 22.8. The maximum Gasteiger partial charge on any atom is 0.328 e. The first-order chi connectivity index (χ1) is 52.6. The Balaban J connectivity index is 0.000000177. The number of likely N-dealkylation sites (tertiary alicyclic amines) is 3. The van der Waals surface area contributed by atoms with Crippen molar-refractivity contribution in [3.63, 3.8) is 0 Å². The molecule has 3 aliphatic carbocycles. The van der Waals surface area contributed by atoms with E-state index in [0.29, 0.717) is 79.3 Å². The lowest BCUT2D eigenvalue weighted by atomic mass is 9.96. The van der Waals surface area contributed by atoms with E-state index in [0.717, 1.165) is 58.4 Å². The summed E-state index contributed by atoms with van der Waals surface area (Å²) in [5, 5.41) is 20.2. The topological polar surface area (TPSA) is 395 Å². The van der Waals surface area contributed by atoms with Crippen LogP contribution < -0.4 is 35.9 Å². The predicted molar refractivity (Wildman–Crippen MR) is 410 cm³/mol. The molecule has 3 aliphatic heterocycles. The number of nitrogens with one attached hydrogen (secondary N) is 6. The average molecular weight is 1530 g/mol. The number of fused-ring (bicyclic) bond motifs is 3. The number of aromatic amines is 3. The molecular weight excluding hydrogens is 1430 g/mol. The van der Waals surface area contributed by atoms with E-state index in [2.05, 4.69) is 37.0 Å². The highest BCUT2D eigenvalue weighted by atomic mass is 16.5. The van der Waals surface area contributed by atoms with Crippen molar-refractivity contribution in [3.05, 3.63) is 89.9 Å². The van der Waals surface area contributed by atoms with Gasteiger partial charge in [-0.25, -0.2) is 4.79 Å². The predicted octanol–water partition coefficient (Wildman–Crippen LogP) is 8.64. The molecule has 6 aromatic rings. The number of carbonyl (C=O) groups is 11. The second kappa shape index (κ2) is 35.5. The van der Waals surface area contributed by atoms with E-state index in [1.807, 2.05) is 117 Å². The second-order valence-electron chi connectivity index (χ2n) is 32.6. The number of nitriles is 1. The maximum absolute atomic E-state index is 13.7. The summed E-state index contributed by atoms with van der Waals surface area (Å²) in [5.74, 6) is -2.28. The van der Waals surface area contributed by atoms with Gasteiger partial charge in [-0.05, 0) is 175 Å².